The Bertz CT molecular complexity index is 575. The van der Waals surface area contributed by atoms with Crippen LogP contribution in [-0.2, 0) is 16.1 Å². The number of carbonyl (C=O) groups excluding carboxylic acids is 1. The van der Waals surface area contributed by atoms with Crippen LogP contribution in [0.4, 0.5) is 4.79 Å². The lowest BCUT2D eigenvalue weighted by Gasteiger charge is -2.31. The van der Waals surface area contributed by atoms with Gasteiger partial charge in [-0.2, -0.15) is 0 Å². The minimum absolute atomic E-state index is 0.0459. The largest absolute Gasteiger partial charge is 0.497 e. The van der Waals surface area contributed by atoms with E-state index in [4.69, 9.17) is 9.47 Å². The second-order valence-electron chi connectivity index (χ2n) is 5.87. The van der Waals surface area contributed by atoms with Gasteiger partial charge in [-0.1, -0.05) is 12.1 Å². The molecule has 0 spiro atoms. The van der Waals surface area contributed by atoms with Crippen LogP contribution in [0.1, 0.15) is 31.2 Å². The molecule has 1 N–H and O–H groups in total. The van der Waals surface area contributed by atoms with Crippen molar-refractivity contribution in [3.8, 4) is 5.75 Å². The van der Waals surface area contributed by atoms with Crippen molar-refractivity contribution in [1.82, 2.24) is 4.90 Å². The minimum atomic E-state index is -1.33. The second-order valence-corrected chi connectivity index (χ2v) is 5.87. The average molecular weight is 305 g/mol. The summed E-state index contributed by atoms with van der Waals surface area (Å²) in [6, 6.07) is 7.53. The molecule has 1 aliphatic carbocycles. The van der Waals surface area contributed by atoms with Crippen LogP contribution in [0.3, 0.4) is 0 Å². The van der Waals surface area contributed by atoms with Crippen molar-refractivity contribution in [2.24, 2.45) is 0 Å². The van der Waals surface area contributed by atoms with Gasteiger partial charge in [0.15, 0.2) is 0 Å². The Morgan fingerprint density at radius 2 is 2.00 bits per heavy atom. The lowest BCUT2D eigenvalue weighted by molar-refractivity contribution is -0.160. The third kappa shape index (κ3) is 2.49. The average Bonchev–Trinajstić information content (AvgIpc) is 2.74. The highest BCUT2D eigenvalue weighted by Gasteiger charge is 2.51. The highest BCUT2D eigenvalue weighted by molar-refractivity contribution is 5.82. The molecule has 0 atom stereocenters. The molecule has 0 unspecified atom stereocenters. The summed E-state index contributed by atoms with van der Waals surface area (Å²) in [7, 11) is 1.60. The highest BCUT2D eigenvalue weighted by Crippen LogP contribution is 2.39. The first-order chi connectivity index (χ1) is 10.5. The van der Waals surface area contributed by atoms with Crippen LogP contribution in [0.2, 0.25) is 0 Å². The summed E-state index contributed by atoms with van der Waals surface area (Å²) in [5.74, 6) is -0.279. The number of rotatable bonds is 4. The molecular formula is C16H19NO5. The Hall–Kier alpha value is -2.24. The van der Waals surface area contributed by atoms with Crippen LogP contribution < -0.4 is 4.74 Å². The summed E-state index contributed by atoms with van der Waals surface area (Å²) in [4.78, 5) is 25.4. The Morgan fingerprint density at radius 3 is 2.55 bits per heavy atom. The Kier molecular flexibility index (Phi) is 3.68. The molecule has 2 aliphatic heterocycles. The fraction of sp³-hybridized carbons (Fsp3) is 0.500. The van der Waals surface area contributed by atoms with E-state index in [1.54, 1.807) is 12.0 Å². The molecule has 1 aromatic carbocycles. The topological polar surface area (TPSA) is 76.1 Å². The maximum Gasteiger partial charge on any atom is 0.411 e. The third-order valence-corrected chi connectivity index (χ3v) is 4.62. The number of aliphatic carboxylic acids is 1. The van der Waals surface area contributed by atoms with E-state index in [2.05, 4.69) is 0 Å². The Labute approximate surface area is 128 Å². The molecule has 2 saturated heterocycles. The van der Waals surface area contributed by atoms with Gasteiger partial charge in [0.2, 0.25) is 5.60 Å². The SMILES string of the molecule is COc1ccc(CN2C(=O)OC3(C(=O)O)CCC2CC3)cc1. The first kappa shape index (κ1) is 14.7. The van der Waals surface area contributed by atoms with Gasteiger partial charge in [0.1, 0.15) is 5.75 Å². The maximum absolute atomic E-state index is 12.3. The number of carboxylic acid groups (broad SMARTS) is 1. The van der Waals surface area contributed by atoms with Crippen molar-refractivity contribution in [3.05, 3.63) is 29.8 Å². The molecule has 2 bridgehead atoms. The molecule has 0 aromatic heterocycles. The number of carbonyl (C=O) groups is 2. The summed E-state index contributed by atoms with van der Waals surface area (Å²) in [5.41, 5.74) is -0.366. The number of methoxy groups -OCH3 is 1. The van der Waals surface area contributed by atoms with Crippen molar-refractivity contribution < 1.29 is 24.2 Å². The molecule has 118 valence electrons. The molecule has 3 aliphatic rings. The fourth-order valence-corrected chi connectivity index (χ4v) is 3.24. The molecule has 6 nitrogen and oxygen atoms in total. The third-order valence-electron chi connectivity index (χ3n) is 4.62. The smallest absolute Gasteiger partial charge is 0.411 e. The van der Waals surface area contributed by atoms with E-state index in [1.807, 2.05) is 24.3 Å². The van der Waals surface area contributed by atoms with E-state index >= 15 is 0 Å². The van der Waals surface area contributed by atoms with Crippen LogP contribution in [0.5, 0.6) is 5.75 Å². The summed E-state index contributed by atoms with van der Waals surface area (Å²) < 4.78 is 10.5. The zero-order chi connectivity index (χ0) is 15.7. The van der Waals surface area contributed by atoms with Crippen molar-refractivity contribution in [2.75, 3.05) is 7.11 Å². The zero-order valence-corrected chi connectivity index (χ0v) is 12.4. The number of nitrogens with zero attached hydrogens (tertiary/aromatic N) is 1. The van der Waals surface area contributed by atoms with E-state index in [0.29, 0.717) is 32.2 Å². The molecule has 0 radical (unpaired) electrons. The van der Waals surface area contributed by atoms with Gasteiger partial charge in [0, 0.05) is 25.4 Å². The van der Waals surface area contributed by atoms with Gasteiger partial charge in [-0.3, -0.25) is 0 Å². The maximum atomic E-state index is 12.3. The van der Waals surface area contributed by atoms with Crippen molar-refractivity contribution >= 4 is 12.1 Å². The monoisotopic (exact) mass is 305 g/mol. The number of benzene rings is 1. The molecule has 2 heterocycles. The molecule has 6 heteroatoms. The van der Waals surface area contributed by atoms with E-state index in [1.165, 1.54) is 0 Å². The number of ether oxygens (including phenoxy) is 2. The summed E-state index contributed by atoms with van der Waals surface area (Å²) in [5, 5.41) is 9.38. The molecule has 4 rings (SSSR count). The lowest BCUT2D eigenvalue weighted by atomic mass is 9.82. The van der Waals surface area contributed by atoms with Crippen molar-refractivity contribution in [3.63, 3.8) is 0 Å². The van der Waals surface area contributed by atoms with E-state index in [0.717, 1.165) is 11.3 Å². The van der Waals surface area contributed by atoms with Gasteiger partial charge >= 0.3 is 12.1 Å². The standard InChI is InChI=1S/C16H19NO5/c1-21-13-4-2-11(3-5-13)10-17-12-6-8-16(9-7-12,14(18)19)22-15(17)20/h2-5,12H,6-10H2,1H3,(H,18,19). The molecular weight excluding hydrogens is 286 g/mol. The fourth-order valence-electron chi connectivity index (χ4n) is 3.24. The molecule has 3 fully saturated rings. The number of hydrogen-bond donors (Lipinski definition) is 1. The summed E-state index contributed by atoms with van der Waals surface area (Å²) >= 11 is 0. The van der Waals surface area contributed by atoms with Gasteiger partial charge in [-0.15, -0.1) is 0 Å². The summed E-state index contributed by atoms with van der Waals surface area (Å²) in [6.07, 6.45) is 1.57. The van der Waals surface area contributed by atoms with E-state index < -0.39 is 17.7 Å². The van der Waals surface area contributed by atoms with Gasteiger partial charge in [-0.05, 0) is 30.5 Å². The van der Waals surface area contributed by atoms with Crippen molar-refractivity contribution in [1.29, 1.82) is 0 Å². The van der Waals surface area contributed by atoms with Gasteiger partial charge in [0.25, 0.3) is 0 Å². The molecule has 1 saturated carbocycles. The normalized spacial score (nSPS) is 27.2. The number of amides is 1. The van der Waals surface area contributed by atoms with Crippen LogP contribution in [0.15, 0.2) is 24.3 Å². The van der Waals surface area contributed by atoms with Crippen LogP contribution >= 0.6 is 0 Å². The summed E-state index contributed by atoms with van der Waals surface area (Å²) in [6.45, 7) is 0.420. The molecule has 1 amide bonds. The quantitative estimate of drug-likeness (QED) is 0.924. The number of hydrogen-bond acceptors (Lipinski definition) is 4. The molecule has 1 aromatic rings. The minimum Gasteiger partial charge on any atom is -0.497 e. The van der Waals surface area contributed by atoms with Crippen LogP contribution in [0, 0.1) is 0 Å². The number of carboxylic acids is 1. The van der Waals surface area contributed by atoms with Crippen LogP contribution in [-0.4, -0.2) is 40.8 Å². The van der Waals surface area contributed by atoms with Gasteiger partial charge in [0.05, 0.1) is 7.11 Å². The van der Waals surface area contributed by atoms with Crippen molar-refractivity contribution in [2.45, 2.75) is 43.9 Å². The predicted octanol–water partition coefficient (Wildman–Crippen LogP) is 2.41. The first-order valence-electron chi connectivity index (χ1n) is 7.40. The highest BCUT2D eigenvalue weighted by atomic mass is 16.6. The molecule has 22 heavy (non-hydrogen) atoms. The number of fused-ring (bicyclic) bond motifs is 4. The Morgan fingerprint density at radius 1 is 1.36 bits per heavy atom. The van der Waals surface area contributed by atoms with E-state index in [-0.39, 0.29) is 6.04 Å². The second kappa shape index (κ2) is 5.51. The first-order valence-corrected chi connectivity index (χ1v) is 7.40. The van der Waals surface area contributed by atoms with E-state index in [9.17, 15) is 14.7 Å². The Balaban J connectivity index is 1.79. The van der Waals surface area contributed by atoms with Gasteiger partial charge in [-0.25, -0.2) is 9.59 Å². The zero-order valence-electron chi connectivity index (χ0n) is 12.4. The van der Waals surface area contributed by atoms with Gasteiger partial charge < -0.3 is 19.5 Å². The predicted molar refractivity (Wildman–Crippen MR) is 77.6 cm³/mol. The lowest BCUT2D eigenvalue weighted by Crippen LogP contribution is -2.43. The van der Waals surface area contributed by atoms with Crippen LogP contribution in [0.25, 0.3) is 0 Å².